The molecule has 0 atom stereocenters. The van der Waals surface area contributed by atoms with Gasteiger partial charge in [0.05, 0.1) is 7.11 Å². The molecule has 2 rings (SSSR count). The number of rotatable bonds is 3. The van der Waals surface area contributed by atoms with Crippen molar-refractivity contribution in [1.82, 2.24) is 9.97 Å². The van der Waals surface area contributed by atoms with Gasteiger partial charge in [-0.05, 0) is 25.1 Å². The molecule has 0 aliphatic carbocycles. The van der Waals surface area contributed by atoms with E-state index in [2.05, 4.69) is 9.97 Å². The molecule has 0 unspecified atom stereocenters. The van der Waals surface area contributed by atoms with Crippen molar-refractivity contribution < 1.29 is 9.53 Å². The number of ether oxygens (including phenoxy) is 1. The third-order valence-electron chi connectivity index (χ3n) is 2.32. The SMILES string of the molecule is COc1cccc(-c2nc(C)cc(C=O)n2)c1. The van der Waals surface area contributed by atoms with Gasteiger partial charge in [-0.25, -0.2) is 9.97 Å². The van der Waals surface area contributed by atoms with E-state index in [1.54, 1.807) is 13.2 Å². The average Bonchev–Trinajstić information content (AvgIpc) is 2.38. The molecule has 0 N–H and O–H groups in total. The third-order valence-corrected chi connectivity index (χ3v) is 2.32. The lowest BCUT2D eigenvalue weighted by Crippen LogP contribution is -1.97. The zero-order chi connectivity index (χ0) is 12.3. The molecule has 86 valence electrons. The lowest BCUT2D eigenvalue weighted by atomic mass is 10.2. The Morgan fingerprint density at radius 1 is 1.24 bits per heavy atom. The first-order chi connectivity index (χ1) is 8.22. The van der Waals surface area contributed by atoms with E-state index in [-0.39, 0.29) is 0 Å². The van der Waals surface area contributed by atoms with Crippen molar-refractivity contribution in [2.45, 2.75) is 6.92 Å². The van der Waals surface area contributed by atoms with Gasteiger partial charge in [0.15, 0.2) is 12.1 Å². The molecule has 2 aromatic rings. The topological polar surface area (TPSA) is 52.1 Å². The fourth-order valence-electron chi connectivity index (χ4n) is 1.54. The van der Waals surface area contributed by atoms with Gasteiger partial charge in [0.25, 0.3) is 0 Å². The van der Waals surface area contributed by atoms with Gasteiger partial charge in [0, 0.05) is 11.3 Å². The number of benzene rings is 1. The van der Waals surface area contributed by atoms with Gasteiger partial charge in [-0.15, -0.1) is 0 Å². The monoisotopic (exact) mass is 228 g/mol. The van der Waals surface area contributed by atoms with E-state index in [4.69, 9.17) is 4.74 Å². The number of hydrogen-bond acceptors (Lipinski definition) is 4. The molecule has 0 amide bonds. The maximum Gasteiger partial charge on any atom is 0.168 e. The van der Waals surface area contributed by atoms with Gasteiger partial charge in [0.1, 0.15) is 11.4 Å². The lowest BCUT2D eigenvalue weighted by molar-refractivity contribution is 0.111. The van der Waals surface area contributed by atoms with Crippen LogP contribution < -0.4 is 4.74 Å². The van der Waals surface area contributed by atoms with Crippen molar-refractivity contribution in [1.29, 1.82) is 0 Å². The summed E-state index contributed by atoms with van der Waals surface area (Å²) in [6.45, 7) is 1.83. The van der Waals surface area contributed by atoms with Crippen molar-refractivity contribution >= 4 is 6.29 Å². The Morgan fingerprint density at radius 3 is 2.76 bits per heavy atom. The Kier molecular flexibility index (Phi) is 3.14. The largest absolute Gasteiger partial charge is 0.497 e. The predicted octanol–water partition coefficient (Wildman–Crippen LogP) is 2.27. The first kappa shape index (κ1) is 11.3. The van der Waals surface area contributed by atoms with Crippen LogP contribution in [0.15, 0.2) is 30.3 Å². The molecule has 1 aromatic carbocycles. The number of aryl methyl sites for hydroxylation is 1. The second kappa shape index (κ2) is 4.74. The van der Waals surface area contributed by atoms with E-state index in [1.165, 1.54) is 0 Å². The fourth-order valence-corrected chi connectivity index (χ4v) is 1.54. The molecular formula is C13H12N2O2. The van der Waals surface area contributed by atoms with Crippen LogP contribution in [0.25, 0.3) is 11.4 Å². The summed E-state index contributed by atoms with van der Waals surface area (Å²) in [5, 5.41) is 0. The average molecular weight is 228 g/mol. The molecule has 0 aliphatic heterocycles. The molecule has 0 radical (unpaired) electrons. The van der Waals surface area contributed by atoms with Crippen LogP contribution in [0, 0.1) is 6.92 Å². The smallest absolute Gasteiger partial charge is 0.168 e. The van der Waals surface area contributed by atoms with Crippen molar-refractivity contribution in [3.8, 4) is 17.1 Å². The van der Waals surface area contributed by atoms with Crippen LogP contribution in [-0.2, 0) is 0 Å². The van der Waals surface area contributed by atoms with Crippen LogP contribution in [-0.4, -0.2) is 23.4 Å². The molecule has 0 bridgehead atoms. The van der Waals surface area contributed by atoms with Crippen molar-refractivity contribution in [3.05, 3.63) is 41.7 Å². The highest BCUT2D eigenvalue weighted by atomic mass is 16.5. The van der Waals surface area contributed by atoms with E-state index < -0.39 is 0 Å². The van der Waals surface area contributed by atoms with Gasteiger partial charge in [-0.1, -0.05) is 12.1 Å². The quantitative estimate of drug-likeness (QED) is 0.756. The summed E-state index contributed by atoms with van der Waals surface area (Å²) in [7, 11) is 1.60. The zero-order valence-corrected chi connectivity index (χ0v) is 9.68. The number of carbonyl (C=O) groups is 1. The second-order valence-corrected chi connectivity index (χ2v) is 3.61. The highest BCUT2D eigenvalue weighted by Gasteiger charge is 2.05. The molecule has 1 heterocycles. The minimum absolute atomic E-state index is 0.385. The molecule has 0 saturated heterocycles. The second-order valence-electron chi connectivity index (χ2n) is 3.61. The van der Waals surface area contributed by atoms with E-state index in [1.807, 2.05) is 31.2 Å². The molecule has 4 heteroatoms. The molecule has 17 heavy (non-hydrogen) atoms. The van der Waals surface area contributed by atoms with E-state index in [0.717, 1.165) is 23.3 Å². The minimum atomic E-state index is 0.385. The van der Waals surface area contributed by atoms with Gasteiger partial charge < -0.3 is 4.74 Å². The summed E-state index contributed by atoms with van der Waals surface area (Å²) in [4.78, 5) is 19.2. The number of carbonyl (C=O) groups excluding carboxylic acids is 1. The predicted molar refractivity (Wildman–Crippen MR) is 64.1 cm³/mol. The first-order valence-electron chi connectivity index (χ1n) is 5.18. The summed E-state index contributed by atoms with van der Waals surface area (Å²) in [5.41, 5.74) is 1.98. The van der Waals surface area contributed by atoms with Crippen LogP contribution in [0.4, 0.5) is 0 Å². The number of methoxy groups -OCH3 is 1. The number of nitrogens with zero attached hydrogens (tertiary/aromatic N) is 2. The lowest BCUT2D eigenvalue weighted by Gasteiger charge is -2.04. The molecule has 1 aromatic heterocycles. The summed E-state index contributed by atoms with van der Waals surface area (Å²) < 4.78 is 5.14. The Hall–Kier alpha value is -2.23. The van der Waals surface area contributed by atoms with Gasteiger partial charge in [-0.3, -0.25) is 4.79 Å². The summed E-state index contributed by atoms with van der Waals surface area (Å²) in [6.07, 6.45) is 0.721. The van der Waals surface area contributed by atoms with Crippen LogP contribution in [0.5, 0.6) is 5.75 Å². The Balaban J connectivity index is 2.51. The molecule has 0 fully saturated rings. The van der Waals surface area contributed by atoms with Gasteiger partial charge in [-0.2, -0.15) is 0 Å². The molecule has 0 aliphatic rings. The maximum absolute atomic E-state index is 10.8. The van der Waals surface area contributed by atoms with E-state index >= 15 is 0 Å². The summed E-state index contributed by atoms with van der Waals surface area (Å²) >= 11 is 0. The van der Waals surface area contributed by atoms with Crippen LogP contribution in [0.2, 0.25) is 0 Å². The zero-order valence-electron chi connectivity index (χ0n) is 9.68. The van der Waals surface area contributed by atoms with Crippen LogP contribution in [0.3, 0.4) is 0 Å². The van der Waals surface area contributed by atoms with E-state index in [9.17, 15) is 4.79 Å². The van der Waals surface area contributed by atoms with Crippen molar-refractivity contribution in [3.63, 3.8) is 0 Å². The normalized spacial score (nSPS) is 10.0. The third kappa shape index (κ3) is 2.47. The standard InChI is InChI=1S/C13H12N2O2/c1-9-6-11(8-16)15-13(14-9)10-4-3-5-12(7-10)17-2/h3-8H,1-2H3. The fraction of sp³-hybridized carbons (Fsp3) is 0.154. The number of aromatic nitrogens is 2. The number of aldehydes is 1. The first-order valence-corrected chi connectivity index (χ1v) is 5.18. The summed E-state index contributed by atoms with van der Waals surface area (Å²) in [5.74, 6) is 1.27. The molecule has 0 spiro atoms. The molecule has 0 saturated carbocycles. The molecular weight excluding hydrogens is 216 g/mol. The maximum atomic E-state index is 10.8. The van der Waals surface area contributed by atoms with Crippen molar-refractivity contribution in [2.24, 2.45) is 0 Å². The van der Waals surface area contributed by atoms with E-state index in [0.29, 0.717) is 11.5 Å². The Morgan fingerprint density at radius 2 is 2.06 bits per heavy atom. The highest BCUT2D eigenvalue weighted by molar-refractivity contribution is 5.73. The Bertz CT molecular complexity index is 553. The van der Waals surface area contributed by atoms with Crippen LogP contribution in [0.1, 0.15) is 16.2 Å². The highest BCUT2D eigenvalue weighted by Crippen LogP contribution is 2.20. The Labute approximate surface area is 99.3 Å². The molecule has 4 nitrogen and oxygen atoms in total. The van der Waals surface area contributed by atoms with Crippen molar-refractivity contribution in [2.75, 3.05) is 7.11 Å². The summed E-state index contributed by atoms with van der Waals surface area (Å²) in [6, 6.07) is 9.08. The number of hydrogen-bond donors (Lipinski definition) is 0. The van der Waals surface area contributed by atoms with Gasteiger partial charge in [0.2, 0.25) is 0 Å². The minimum Gasteiger partial charge on any atom is -0.497 e. The van der Waals surface area contributed by atoms with Crippen LogP contribution >= 0.6 is 0 Å². The van der Waals surface area contributed by atoms with Gasteiger partial charge >= 0.3 is 0 Å².